The normalized spacial score (nSPS) is 14.3. The maximum atomic E-state index is 9.87. The lowest BCUT2D eigenvalue weighted by molar-refractivity contribution is 0.0584. The van der Waals surface area contributed by atoms with Gasteiger partial charge < -0.3 is 15.7 Å². The summed E-state index contributed by atoms with van der Waals surface area (Å²) in [5.41, 5.74) is 7.31. The Kier molecular flexibility index (Phi) is 5.63. The molecule has 0 aliphatic rings. The van der Waals surface area contributed by atoms with E-state index in [1.165, 1.54) is 11.3 Å². The standard InChI is InChI=1S/C15H26N2O/c1-4-17(11-5-10-15(3,18)12-16)14-8-6-13(2)7-9-14/h6-9,18H,4-5,10-12,16H2,1-3H3. The summed E-state index contributed by atoms with van der Waals surface area (Å²) < 4.78 is 0. The summed E-state index contributed by atoms with van der Waals surface area (Å²) in [6, 6.07) is 8.57. The van der Waals surface area contributed by atoms with Gasteiger partial charge in [-0.1, -0.05) is 17.7 Å². The fourth-order valence-electron chi connectivity index (χ4n) is 1.98. The van der Waals surface area contributed by atoms with Crippen molar-refractivity contribution in [1.29, 1.82) is 0 Å². The van der Waals surface area contributed by atoms with Gasteiger partial charge >= 0.3 is 0 Å². The smallest absolute Gasteiger partial charge is 0.0742 e. The molecule has 102 valence electrons. The van der Waals surface area contributed by atoms with E-state index in [-0.39, 0.29) is 0 Å². The van der Waals surface area contributed by atoms with Crippen LogP contribution in [0, 0.1) is 6.92 Å². The Morgan fingerprint density at radius 1 is 1.28 bits per heavy atom. The first kappa shape index (κ1) is 15.0. The summed E-state index contributed by atoms with van der Waals surface area (Å²) in [5.74, 6) is 0. The van der Waals surface area contributed by atoms with E-state index in [0.717, 1.165) is 25.9 Å². The van der Waals surface area contributed by atoms with Crippen molar-refractivity contribution < 1.29 is 5.11 Å². The van der Waals surface area contributed by atoms with E-state index >= 15 is 0 Å². The molecule has 1 aromatic rings. The third kappa shape index (κ3) is 4.67. The maximum absolute atomic E-state index is 9.87. The first-order valence-electron chi connectivity index (χ1n) is 6.72. The number of nitrogens with zero attached hydrogens (tertiary/aromatic N) is 1. The summed E-state index contributed by atoms with van der Waals surface area (Å²) in [5, 5.41) is 9.87. The zero-order valence-electron chi connectivity index (χ0n) is 11.8. The number of hydrogen-bond acceptors (Lipinski definition) is 3. The van der Waals surface area contributed by atoms with Gasteiger partial charge in [-0.25, -0.2) is 0 Å². The average molecular weight is 250 g/mol. The summed E-state index contributed by atoms with van der Waals surface area (Å²) in [4.78, 5) is 2.33. The zero-order chi connectivity index (χ0) is 13.6. The van der Waals surface area contributed by atoms with E-state index in [2.05, 4.69) is 43.0 Å². The first-order valence-corrected chi connectivity index (χ1v) is 6.72. The van der Waals surface area contributed by atoms with Gasteiger partial charge in [-0.05, 0) is 45.7 Å². The number of benzene rings is 1. The van der Waals surface area contributed by atoms with Gasteiger partial charge in [-0.3, -0.25) is 0 Å². The molecule has 3 heteroatoms. The second-order valence-corrected chi connectivity index (χ2v) is 5.22. The molecule has 18 heavy (non-hydrogen) atoms. The molecule has 0 saturated heterocycles. The lowest BCUT2D eigenvalue weighted by Gasteiger charge is -2.26. The summed E-state index contributed by atoms with van der Waals surface area (Å²) >= 11 is 0. The predicted molar refractivity (Wildman–Crippen MR) is 78.0 cm³/mol. The molecule has 1 rings (SSSR count). The van der Waals surface area contributed by atoms with Gasteiger partial charge in [-0.15, -0.1) is 0 Å². The second-order valence-electron chi connectivity index (χ2n) is 5.22. The molecule has 0 saturated carbocycles. The second kappa shape index (κ2) is 6.76. The summed E-state index contributed by atoms with van der Waals surface area (Å²) in [6.45, 7) is 8.31. The van der Waals surface area contributed by atoms with Gasteiger partial charge in [0.05, 0.1) is 5.60 Å². The van der Waals surface area contributed by atoms with Crippen LogP contribution in [-0.2, 0) is 0 Å². The molecular formula is C15H26N2O. The Morgan fingerprint density at radius 2 is 1.89 bits per heavy atom. The van der Waals surface area contributed by atoms with Crippen LogP contribution in [0.25, 0.3) is 0 Å². The SMILES string of the molecule is CCN(CCCC(C)(O)CN)c1ccc(C)cc1. The predicted octanol–water partition coefficient (Wildman–Crippen LogP) is 2.31. The lowest BCUT2D eigenvalue weighted by atomic mass is 10.0. The Morgan fingerprint density at radius 3 is 2.39 bits per heavy atom. The van der Waals surface area contributed by atoms with Crippen LogP contribution in [-0.4, -0.2) is 30.3 Å². The highest BCUT2D eigenvalue weighted by Crippen LogP contribution is 2.17. The van der Waals surface area contributed by atoms with E-state index in [4.69, 9.17) is 5.73 Å². The van der Waals surface area contributed by atoms with Crippen molar-refractivity contribution in [3.63, 3.8) is 0 Å². The molecule has 0 amide bonds. The Labute approximate surface area is 111 Å². The molecule has 0 spiro atoms. The molecule has 1 atom stereocenters. The maximum Gasteiger partial charge on any atom is 0.0742 e. The van der Waals surface area contributed by atoms with Gasteiger partial charge in [0.25, 0.3) is 0 Å². The molecule has 3 N–H and O–H groups in total. The van der Waals surface area contributed by atoms with E-state index in [1.807, 2.05) is 0 Å². The number of aryl methyl sites for hydroxylation is 1. The molecular weight excluding hydrogens is 224 g/mol. The van der Waals surface area contributed by atoms with E-state index in [9.17, 15) is 5.11 Å². The fraction of sp³-hybridized carbons (Fsp3) is 0.600. The molecule has 3 nitrogen and oxygen atoms in total. The molecule has 0 aromatic heterocycles. The number of aliphatic hydroxyl groups is 1. The van der Waals surface area contributed by atoms with Crippen molar-refractivity contribution in [2.45, 2.75) is 39.2 Å². The van der Waals surface area contributed by atoms with Crippen molar-refractivity contribution in [2.75, 3.05) is 24.5 Å². The molecule has 1 unspecified atom stereocenters. The van der Waals surface area contributed by atoms with Crippen LogP contribution < -0.4 is 10.6 Å². The van der Waals surface area contributed by atoms with Crippen molar-refractivity contribution >= 4 is 5.69 Å². The van der Waals surface area contributed by atoms with Crippen molar-refractivity contribution in [3.8, 4) is 0 Å². The minimum Gasteiger partial charge on any atom is -0.389 e. The lowest BCUT2D eigenvalue weighted by Crippen LogP contribution is -2.35. The van der Waals surface area contributed by atoms with Gasteiger partial charge in [-0.2, -0.15) is 0 Å². The van der Waals surface area contributed by atoms with Gasteiger partial charge in [0.1, 0.15) is 0 Å². The third-order valence-corrected chi connectivity index (χ3v) is 3.36. The fourth-order valence-corrected chi connectivity index (χ4v) is 1.98. The van der Waals surface area contributed by atoms with E-state index in [1.54, 1.807) is 6.92 Å². The van der Waals surface area contributed by atoms with Crippen LogP contribution in [0.5, 0.6) is 0 Å². The van der Waals surface area contributed by atoms with Crippen LogP contribution in [0.2, 0.25) is 0 Å². The van der Waals surface area contributed by atoms with Crippen molar-refractivity contribution in [3.05, 3.63) is 29.8 Å². The number of hydrogen-bond donors (Lipinski definition) is 2. The Bertz CT molecular complexity index is 346. The molecule has 0 fully saturated rings. The van der Waals surface area contributed by atoms with Crippen LogP contribution in [0.1, 0.15) is 32.3 Å². The Balaban J connectivity index is 2.50. The number of nitrogens with two attached hydrogens (primary N) is 1. The molecule has 1 aromatic carbocycles. The minimum absolute atomic E-state index is 0.323. The number of anilines is 1. The highest BCUT2D eigenvalue weighted by Gasteiger charge is 2.17. The summed E-state index contributed by atoms with van der Waals surface area (Å²) in [6.07, 6.45) is 1.69. The van der Waals surface area contributed by atoms with Crippen LogP contribution >= 0.6 is 0 Å². The van der Waals surface area contributed by atoms with Crippen molar-refractivity contribution in [1.82, 2.24) is 0 Å². The third-order valence-electron chi connectivity index (χ3n) is 3.36. The summed E-state index contributed by atoms with van der Waals surface area (Å²) in [7, 11) is 0. The van der Waals surface area contributed by atoms with E-state index in [0.29, 0.717) is 6.54 Å². The molecule has 0 bridgehead atoms. The minimum atomic E-state index is -0.729. The van der Waals surface area contributed by atoms with Crippen LogP contribution in [0.15, 0.2) is 24.3 Å². The number of rotatable bonds is 7. The quantitative estimate of drug-likeness (QED) is 0.781. The highest BCUT2D eigenvalue weighted by atomic mass is 16.3. The average Bonchev–Trinajstić information content (AvgIpc) is 2.36. The van der Waals surface area contributed by atoms with Crippen molar-refractivity contribution in [2.24, 2.45) is 5.73 Å². The largest absolute Gasteiger partial charge is 0.389 e. The molecule has 0 radical (unpaired) electrons. The van der Waals surface area contributed by atoms with E-state index < -0.39 is 5.60 Å². The van der Waals surface area contributed by atoms with Gasteiger partial charge in [0.2, 0.25) is 0 Å². The topological polar surface area (TPSA) is 49.5 Å². The van der Waals surface area contributed by atoms with Crippen LogP contribution in [0.3, 0.4) is 0 Å². The van der Waals surface area contributed by atoms with Crippen LogP contribution in [0.4, 0.5) is 5.69 Å². The van der Waals surface area contributed by atoms with Gasteiger partial charge in [0, 0.05) is 25.3 Å². The Hall–Kier alpha value is -1.06. The van der Waals surface area contributed by atoms with Gasteiger partial charge in [0.15, 0.2) is 0 Å². The molecule has 0 aliphatic heterocycles. The monoisotopic (exact) mass is 250 g/mol. The first-order chi connectivity index (χ1) is 8.48. The highest BCUT2D eigenvalue weighted by molar-refractivity contribution is 5.47. The molecule has 0 aliphatic carbocycles. The molecule has 0 heterocycles. The zero-order valence-corrected chi connectivity index (χ0v) is 11.8.